The van der Waals surface area contributed by atoms with Crippen LogP contribution in [0.2, 0.25) is 5.02 Å². The molecule has 6 atom stereocenters. The van der Waals surface area contributed by atoms with Crippen molar-refractivity contribution < 1.29 is 39.4 Å². The van der Waals surface area contributed by atoms with Crippen LogP contribution in [0.4, 0.5) is 0 Å². The lowest BCUT2D eigenvalue weighted by molar-refractivity contribution is -0.311. The Bertz CT molecular complexity index is 1560. The number of halogens is 1. The van der Waals surface area contributed by atoms with Crippen molar-refractivity contribution in [2.24, 2.45) is 0 Å². The van der Waals surface area contributed by atoms with Gasteiger partial charge in [-0.05, 0) is 42.8 Å². The number of aromatic nitrogens is 2. The van der Waals surface area contributed by atoms with Crippen molar-refractivity contribution in [3.63, 3.8) is 0 Å². The van der Waals surface area contributed by atoms with Crippen LogP contribution in [0.1, 0.15) is 6.92 Å². The first kappa shape index (κ1) is 29.4. The molecule has 2 aromatic heterocycles. The fraction of sp³-hybridized carbons (Fsp3) is 0.357. The molecule has 1 aliphatic heterocycles. The fourth-order valence-electron chi connectivity index (χ4n) is 4.43. The van der Waals surface area contributed by atoms with E-state index in [0.717, 1.165) is 10.4 Å². The summed E-state index contributed by atoms with van der Waals surface area (Å²) in [5, 5.41) is 40.1. The lowest BCUT2D eigenvalue weighted by atomic mass is 9.99. The van der Waals surface area contributed by atoms with Crippen molar-refractivity contribution in [3.8, 4) is 27.6 Å². The van der Waals surface area contributed by atoms with Gasteiger partial charge in [-0.3, -0.25) is 9.36 Å². The Morgan fingerprint density at radius 1 is 1.07 bits per heavy atom. The third-order valence-corrected chi connectivity index (χ3v) is 8.09. The second-order valence-electron chi connectivity index (χ2n) is 9.54. The lowest BCUT2D eigenvalue weighted by Gasteiger charge is -2.40. The number of thiophene rings is 1. The van der Waals surface area contributed by atoms with Gasteiger partial charge in [0.2, 0.25) is 0 Å². The zero-order valence-electron chi connectivity index (χ0n) is 22.1. The van der Waals surface area contributed by atoms with Crippen molar-refractivity contribution in [1.29, 1.82) is 0 Å². The SMILES string of the molecule is COc1cc(-n2cnc3cc(-c4ccc(Cl)cc4)sc3c2=O)ccc1OCC(C)O[C@H]1O[C@H](CO)[C@@H](O)[C@@H](O)[C@@H]1O. The third-order valence-electron chi connectivity index (χ3n) is 6.68. The van der Waals surface area contributed by atoms with Crippen LogP contribution in [0.3, 0.4) is 0 Å². The Hall–Kier alpha value is -3.07. The Labute approximate surface area is 243 Å². The molecule has 5 rings (SSSR count). The summed E-state index contributed by atoms with van der Waals surface area (Å²) < 4.78 is 24.3. The molecule has 1 aliphatic rings. The highest BCUT2D eigenvalue weighted by Crippen LogP contribution is 2.33. The van der Waals surface area contributed by atoms with Crippen LogP contribution >= 0.6 is 22.9 Å². The predicted octanol–water partition coefficient (Wildman–Crippen LogP) is 2.36. The summed E-state index contributed by atoms with van der Waals surface area (Å²) in [5.41, 5.74) is 1.84. The molecule has 0 amide bonds. The van der Waals surface area contributed by atoms with Gasteiger partial charge in [-0.15, -0.1) is 11.3 Å². The van der Waals surface area contributed by atoms with E-state index in [9.17, 15) is 25.2 Å². The monoisotopic (exact) mass is 604 g/mol. The zero-order chi connectivity index (χ0) is 29.3. The molecule has 0 bridgehead atoms. The number of rotatable bonds is 9. The van der Waals surface area contributed by atoms with Gasteiger partial charge in [0.05, 0.1) is 31.0 Å². The van der Waals surface area contributed by atoms with E-state index in [1.807, 2.05) is 18.2 Å². The molecule has 4 aromatic rings. The smallest absolute Gasteiger partial charge is 0.275 e. The van der Waals surface area contributed by atoms with Gasteiger partial charge in [-0.2, -0.15) is 0 Å². The number of methoxy groups -OCH3 is 1. The minimum atomic E-state index is -1.54. The molecule has 218 valence electrons. The first-order chi connectivity index (χ1) is 19.7. The van der Waals surface area contributed by atoms with Gasteiger partial charge in [-0.25, -0.2) is 4.98 Å². The third kappa shape index (κ3) is 6.10. The van der Waals surface area contributed by atoms with Crippen LogP contribution < -0.4 is 15.0 Å². The number of aliphatic hydroxyl groups is 4. The largest absolute Gasteiger partial charge is 0.493 e. The molecular formula is C28H29ClN2O9S. The summed E-state index contributed by atoms with van der Waals surface area (Å²) in [5.74, 6) is 0.742. The molecule has 0 spiro atoms. The Morgan fingerprint density at radius 2 is 1.83 bits per heavy atom. The van der Waals surface area contributed by atoms with Crippen LogP contribution in [0.25, 0.3) is 26.3 Å². The minimum Gasteiger partial charge on any atom is -0.493 e. The minimum absolute atomic E-state index is 0.0147. The molecule has 2 aromatic carbocycles. The highest BCUT2D eigenvalue weighted by atomic mass is 35.5. The summed E-state index contributed by atoms with van der Waals surface area (Å²) >= 11 is 7.35. The van der Waals surface area contributed by atoms with E-state index in [0.29, 0.717) is 32.4 Å². The average Bonchev–Trinajstić information content (AvgIpc) is 3.42. The molecule has 1 saturated heterocycles. The summed E-state index contributed by atoms with van der Waals surface area (Å²) in [4.78, 5) is 18.8. The Balaban J connectivity index is 1.30. The van der Waals surface area contributed by atoms with E-state index in [-0.39, 0.29) is 12.2 Å². The summed E-state index contributed by atoms with van der Waals surface area (Å²) in [6, 6.07) is 14.3. The predicted molar refractivity (Wildman–Crippen MR) is 152 cm³/mol. The highest BCUT2D eigenvalue weighted by Gasteiger charge is 2.44. The van der Waals surface area contributed by atoms with Crippen molar-refractivity contribution in [3.05, 3.63) is 70.2 Å². The molecule has 0 aliphatic carbocycles. The van der Waals surface area contributed by atoms with Crippen LogP contribution in [-0.2, 0) is 9.47 Å². The second kappa shape index (κ2) is 12.4. The normalized spacial score (nSPS) is 23.4. The van der Waals surface area contributed by atoms with Crippen molar-refractivity contribution in [1.82, 2.24) is 9.55 Å². The maximum atomic E-state index is 13.4. The van der Waals surface area contributed by atoms with Crippen LogP contribution in [0, 0.1) is 0 Å². The van der Waals surface area contributed by atoms with E-state index >= 15 is 0 Å². The van der Waals surface area contributed by atoms with Crippen LogP contribution in [0.5, 0.6) is 11.5 Å². The first-order valence-electron chi connectivity index (χ1n) is 12.7. The van der Waals surface area contributed by atoms with Gasteiger partial charge in [0.1, 0.15) is 42.0 Å². The standard InChI is InChI=1S/C28H29ClN2O9S/c1-14(39-28-25(35)24(34)23(33)21(11-32)40-28)12-38-19-8-7-17(9-20(19)37-2)31-13-30-18-10-22(41-26(18)27(31)36)15-3-5-16(29)6-4-15/h3-10,13-14,21,23-25,28,32-35H,11-12H2,1-2H3/t14?,21-,23-,24-,25+,28+/m1/s1. The number of aliphatic hydroxyl groups excluding tert-OH is 4. The number of ether oxygens (including phenoxy) is 4. The quantitative estimate of drug-likeness (QED) is 0.224. The number of fused-ring (bicyclic) bond motifs is 1. The maximum Gasteiger partial charge on any atom is 0.275 e. The highest BCUT2D eigenvalue weighted by molar-refractivity contribution is 7.22. The number of benzene rings is 2. The van der Waals surface area contributed by atoms with Gasteiger partial charge in [0, 0.05) is 16.0 Å². The van der Waals surface area contributed by atoms with Crippen molar-refractivity contribution >= 4 is 33.2 Å². The summed E-state index contributed by atoms with van der Waals surface area (Å²) in [6.45, 7) is 1.13. The van der Waals surface area contributed by atoms with Gasteiger partial charge in [-0.1, -0.05) is 23.7 Å². The van der Waals surface area contributed by atoms with Crippen molar-refractivity contribution in [2.45, 2.75) is 43.7 Å². The zero-order valence-corrected chi connectivity index (χ0v) is 23.7. The van der Waals surface area contributed by atoms with Gasteiger partial charge in [0.25, 0.3) is 5.56 Å². The summed E-state index contributed by atoms with van der Waals surface area (Å²) in [6.07, 6.45) is -6.04. The molecule has 0 saturated carbocycles. The van der Waals surface area contributed by atoms with Gasteiger partial charge >= 0.3 is 0 Å². The topological polar surface area (TPSA) is 153 Å². The number of hydrogen-bond acceptors (Lipinski definition) is 11. The molecule has 13 heteroatoms. The second-order valence-corrected chi connectivity index (χ2v) is 11.0. The van der Waals surface area contributed by atoms with E-state index in [4.69, 9.17) is 30.5 Å². The summed E-state index contributed by atoms with van der Waals surface area (Å²) in [7, 11) is 1.47. The number of nitrogens with zero attached hydrogens (tertiary/aromatic N) is 2. The Kier molecular flexibility index (Phi) is 8.92. The maximum absolute atomic E-state index is 13.4. The van der Waals surface area contributed by atoms with Crippen LogP contribution in [-0.4, -0.2) is 87.1 Å². The van der Waals surface area contributed by atoms with E-state index in [2.05, 4.69) is 4.98 Å². The van der Waals surface area contributed by atoms with Gasteiger partial charge in [0.15, 0.2) is 17.8 Å². The average molecular weight is 605 g/mol. The molecule has 4 N–H and O–H groups in total. The molecule has 41 heavy (non-hydrogen) atoms. The van der Waals surface area contributed by atoms with Gasteiger partial charge < -0.3 is 39.4 Å². The van der Waals surface area contributed by atoms with Crippen molar-refractivity contribution in [2.75, 3.05) is 20.3 Å². The molecule has 3 heterocycles. The first-order valence-corrected chi connectivity index (χ1v) is 13.9. The van der Waals surface area contributed by atoms with E-state index < -0.39 is 43.4 Å². The molecular weight excluding hydrogens is 576 g/mol. The lowest BCUT2D eigenvalue weighted by Crippen LogP contribution is -2.59. The fourth-order valence-corrected chi connectivity index (χ4v) is 5.61. The molecule has 0 radical (unpaired) electrons. The molecule has 1 unspecified atom stereocenters. The molecule has 11 nitrogen and oxygen atoms in total. The Morgan fingerprint density at radius 3 is 2.54 bits per heavy atom. The van der Waals surface area contributed by atoms with E-state index in [1.165, 1.54) is 29.3 Å². The van der Waals surface area contributed by atoms with E-state index in [1.54, 1.807) is 37.3 Å². The van der Waals surface area contributed by atoms with Crippen LogP contribution in [0.15, 0.2) is 59.7 Å². The number of hydrogen-bond donors (Lipinski definition) is 4. The molecule has 1 fully saturated rings.